The van der Waals surface area contributed by atoms with Crippen molar-refractivity contribution in [1.82, 2.24) is 25.5 Å². The van der Waals surface area contributed by atoms with Crippen molar-refractivity contribution in [3.63, 3.8) is 0 Å². The van der Waals surface area contributed by atoms with Crippen LogP contribution >= 0.6 is 15.9 Å². The number of halogens is 1. The van der Waals surface area contributed by atoms with E-state index in [1.54, 1.807) is 11.8 Å². The van der Waals surface area contributed by atoms with Crippen molar-refractivity contribution in [2.75, 3.05) is 13.7 Å². The van der Waals surface area contributed by atoms with Gasteiger partial charge in [0, 0.05) is 10.5 Å². The largest absolute Gasteiger partial charge is 0.497 e. The molecule has 0 saturated heterocycles. The van der Waals surface area contributed by atoms with Gasteiger partial charge in [-0.25, -0.2) is 0 Å². The van der Waals surface area contributed by atoms with Crippen LogP contribution < -0.4 is 10.1 Å². The Morgan fingerprint density at radius 3 is 2.94 bits per heavy atom. The van der Waals surface area contributed by atoms with Crippen molar-refractivity contribution < 1.29 is 4.74 Å². The Balaban J connectivity index is 2.36. The molecular weight excluding hydrogens is 298 g/mol. The molecule has 2 aromatic rings. The lowest BCUT2D eigenvalue weighted by Gasteiger charge is -2.07. The number of hydrogen-bond acceptors (Lipinski definition) is 5. The Hall–Kier alpha value is -1.47. The average Bonchev–Trinajstić information content (AvgIpc) is 2.83. The number of nitrogens with zero attached hydrogens (tertiary/aromatic N) is 4. The molecule has 0 aliphatic rings. The second-order valence-electron chi connectivity index (χ2n) is 3.64. The number of nitrogens with one attached hydrogen (secondary N) is 1. The van der Waals surface area contributed by atoms with E-state index in [9.17, 15) is 0 Å². The molecule has 1 aromatic heterocycles. The monoisotopic (exact) mass is 311 g/mol. The topological polar surface area (TPSA) is 64.9 Å². The van der Waals surface area contributed by atoms with Crippen LogP contribution in [0.2, 0.25) is 0 Å². The maximum atomic E-state index is 5.23. The minimum atomic E-state index is 0.623. The lowest BCUT2D eigenvalue weighted by molar-refractivity contribution is 0.414. The van der Waals surface area contributed by atoms with Crippen molar-refractivity contribution in [3.8, 4) is 11.4 Å². The molecule has 96 valence electrons. The quantitative estimate of drug-likeness (QED) is 0.907. The van der Waals surface area contributed by atoms with E-state index in [0.29, 0.717) is 6.54 Å². The smallest absolute Gasteiger partial charge is 0.170 e. The first-order chi connectivity index (χ1) is 8.74. The highest BCUT2D eigenvalue weighted by Crippen LogP contribution is 2.23. The van der Waals surface area contributed by atoms with E-state index in [0.717, 1.165) is 28.3 Å². The summed E-state index contributed by atoms with van der Waals surface area (Å²) in [5, 5.41) is 14.9. The van der Waals surface area contributed by atoms with Gasteiger partial charge < -0.3 is 10.1 Å². The van der Waals surface area contributed by atoms with Crippen LogP contribution in [0, 0.1) is 0 Å². The van der Waals surface area contributed by atoms with E-state index in [1.807, 2.05) is 25.1 Å². The second-order valence-corrected chi connectivity index (χ2v) is 4.55. The van der Waals surface area contributed by atoms with Crippen LogP contribution in [0.25, 0.3) is 5.69 Å². The van der Waals surface area contributed by atoms with Crippen molar-refractivity contribution >= 4 is 15.9 Å². The summed E-state index contributed by atoms with van der Waals surface area (Å²) in [6.45, 7) is 3.53. The van der Waals surface area contributed by atoms with Gasteiger partial charge in [-0.15, -0.1) is 5.10 Å². The van der Waals surface area contributed by atoms with E-state index in [4.69, 9.17) is 4.74 Å². The van der Waals surface area contributed by atoms with Crippen LogP contribution in [-0.2, 0) is 6.54 Å². The van der Waals surface area contributed by atoms with Crippen LogP contribution in [0.3, 0.4) is 0 Å². The first-order valence-corrected chi connectivity index (χ1v) is 6.36. The van der Waals surface area contributed by atoms with Gasteiger partial charge in [0.25, 0.3) is 0 Å². The number of ether oxygens (including phenoxy) is 1. The highest BCUT2D eigenvalue weighted by Gasteiger charge is 2.09. The lowest BCUT2D eigenvalue weighted by atomic mass is 10.3. The van der Waals surface area contributed by atoms with Gasteiger partial charge in [-0.1, -0.05) is 22.9 Å². The number of rotatable bonds is 5. The summed E-state index contributed by atoms with van der Waals surface area (Å²) in [6.07, 6.45) is 0. The summed E-state index contributed by atoms with van der Waals surface area (Å²) in [5.74, 6) is 1.52. The van der Waals surface area contributed by atoms with Crippen molar-refractivity contribution in [2.45, 2.75) is 13.5 Å². The van der Waals surface area contributed by atoms with Gasteiger partial charge in [0.2, 0.25) is 0 Å². The standard InChI is InChI=1S/C11H14BrN5O/c1-3-13-7-11-14-15-16-17(11)9-4-8(12)5-10(6-9)18-2/h4-6,13H,3,7H2,1-2H3. The summed E-state index contributed by atoms with van der Waals surface area (Å²) in [5.41, 5.74) is 0.860. The summed E-state index contributed by atoms with van der Waals surface area (Å²) in [6, 6.07) is 5.71. The van der Waals surface area contributed by atoms with E-state index >= 15 is 0 Å². The molecule has 7 heteroatoms. The minimum Gasteiger partial charge on any atom is -0.497 e. The first kappa shape index (κ1) is 13.0. The summed E-state index contributed by atoms with van der Waals surface area (Å²) >= 11 is 3.44. The summed E-state index contributed by atoms with van der Waals surface area (Å²) in [7, 11) is 1.63. The maximum Gasteiger partial charge on any atom is 0.170 e. The van der Waals surface area contributed by atoms with E-state index in [-0.39, 0.29) is 0 Å². The molecule has 6 nitrogen and oxygen atoms in total. The third kappa shape index (κ3) is 2.85. The molecule has 0 aliphatic heterocycles. The molecule has 0 bridgehead atoms. The van der Waals surface area contributed by atoms with Crippen LogP contribution in [-0.4, -0.2) is 33.9 Å². The molecule has 0 radical (unpaired) electrons. The third-order valence-corrected chi connectivity index (χ3v) is 2.86. The highest BCUT2D eigenvalue weighted by molar-refractivity contribution is 9.10. The summed E-state index contributed by atoms with van der Waals surface area (Å²) in [4.78, 5) is 0. The fourth-order valence-corrected chi connectivity index (χ4v) is 2.00. The fourth-order valence-electron chi connectivity index (χ4n) is 1.54. The zero-order chi connectivity index (χ0) is 13.0. The molecule has 18 heavy (non-hydrogen) atoms. The Kier molecular flexibility index (Phi) is 4.27. The Morgan fingerprint density at radius 1 is 1.39 bits per heavy atom. The second kappa shape index (κ2) is 5.92. The van der Waals surface area contributed by atoms with Crippen molar-refractivity contribution in [1.29, 1.82) is 0 Å². The molecular formula is C11H14BrN5O. The predicted molar refractivity (Wildman–Crippen MR) is 70.8 cm³/mol. The van der Waals surface area contributed by atoms with Crippen LogP contribution in [0.5, 0.6) is 5.75 Å². The fraction of sp³-hybridized carbons (Fsp3) is 0.364. The molecule has 0 saturated carbocycles. The van der Waals surface area contributed by atoms with Gasteiger partial charge in [-0.3, -0.25) is 0 Å². The molecule has 1 N–H and O–H groups in total. The molecule has 2 rings (SSSR count). The molecule has 0 spiro atoms. The predicted octanol–water partition coefficient (Wildman–Crippen LogP) is 1.54. The van der Waals surface area contributed by atoms with E-state index in [2.05, 4.69) is 36.8 Å². The van der Waals surface area contributed by atoms with Crippen molar-refractivity contribution in [2.24, 2.45) is 0 Å². The van der Waals surface area contributed by atoms with E-state index < -0.39 is 0 Å². The Labute approximate surface area is 113 Å². The zero-order valence-corrected chi connectivity index (χ0v) is 11.8. The van der Waals surface area contributed by atoms with Crippen molar-refractivity contribution in [3.05, 3.63) is 28.5 Å². The van der Waals surface area contributed by atoms with Gasteiger partial charge in [0.15, 0.2) is 5.82 Å². The molecule has 1 aromatic carbocycles. The van der Waals surface area contributed by atoms with Gasteiger partial charge in [0.1, 0.15) is 5.75 Å². The van der Waals surface area contributed by atoms with Gasteiger partial charge in [-0.2, -0.15) is 4.68 Å². The first-order valence-electron chi connectivity index (χ1n) is 5.57. The van der Waals surface area contributed by atoms with Crippen LogP contribution in [0.1, 0.15) is 12.7 Å². The van der Waals surface area contributed by atoms with Crippen LogP contribution in [0.4, 0.5) is 0 Å². The minimum absolute atomic E-state index is 0.623. The molecule has 0 amide bonds. The average molecular weight is 312 g/mol. The molecule has 0 aliphatic carbocycles. The maximum absolute atomic E-state index is 5.23. The normalized spacial score (nSPS) is 10.6. The molecule has 1 heterocycles. The SMILES string of the molecule is CCNCc1nnnn1-c1cc(Br)cc(OC)c1. The lowest BCUT2D eigenvalue weighted by Crippen LogP contribution is -2.16. The van der Waals surface area contributed by atoms with E-state index in [1.165, 1.54) is 0 Å². The third-order valence-electron chi connectivity index (χ3n) is 2.40. The molecule has 0 atom stereocenters. The molecule has 0 unspecified atom stereocenters. The number of methoxy groups -OCH3 is 1. The van der Waals surface area contributed by atoms with Gasteiger partial charge in [0.05, 0.1) is 19.3 Å². The molecule has 0 fully saturated rings. The van der Waals surface area contributed by atoms with Gasteiger partial charge >= 0.3 is 0 Å². The zero-order valence-electron chi connectivity index (χ0n) is 10.2. The number of aromatic nitrogens is 4. The Morgan fingerprint density at radius 2 is 2.22 bits per heavy atom. The van der Waals surface area contributed by atoms with Gasteiger partial charge in [-0.05, 0) is 29.1 Å². The van der Waals surface area contributed by atoms with Crippen LogP contribution in [0.15, 0.2) is 22.7 Å². The Bertz CT molecular complexity index is 528. The number of benzene rings is 1. The number of hydrogen-bond donors (Lipinski definition) is 1. The number of tetrazole rings is 1. The highest BCUT2D eigenvalue weighted by atomic mass is 79.9. The summed E-state index contributed by atoms with van der Waals surface area (Å²) < 4.78 is 7.84.